The second-order valence-corrected chi connectivity index (χ2v) is 17.0. The fourth-order valence-corrected chi connectivity index (χ4v) is 7.79. The molecule has 0 aromatic heterocycles. The number of halogens is 7. The van der Waals surface area contributed by atoms with Crippen molar-refractivity contribution in [3.8, 4) is 24.7 Å². The average Bonchev–Trinajstić information content (AvgIpc) is 3.38. The number of anilines is 2. The molecular weight excluding hydrogens is 982 g/mol. The van der Waals surface area contributed by atoms with Gasteiger partial charge in [-0.15, -0.1) is 24.4 Å². The Labute approximate surface area is 426 Å². The molecule has 4 aromatic rings. The molecule has 392 valence electrons. The molecule has 5 N–H and O–H groups in total. The van der Waals surface area contributed by atoms with Crippen LogP contribution in [0, 0.1) is 38.5 Å². The Balaban J connectivity index is 0.000000267. The van der Waals surface area contributed by atoms with Crippen LogP contribution in [0.15, 0.2) is 72.8 Å². The van der Waals surface area contributed by atoms with Gasteiger partial charge in [0.05, 0.1) is 25.3 Å². The SMILES string of the molecule is C#Cc1cc(C(=O)Nc2ccc(CCl)c(C(F)(F)F)c2)ccc1C.C#Cc1cc(C(=O)Nc2ccc(CNCCN3CCN(C(=O)OC)CC3)c(C(F)(F)F)c2)ccc1C.COC(=O)N1CCN(CCN)CC1. The number of ether oxygens (including phenoxy) is 2. The van der Waals surface area contributed by atoms with E-state index in [2.05, 4.69) is 42.3 Å². The predicted molar refractivity (Wildman–Crippen MR) is 268 cm³/mol. The number of piperazine rings is 2. The second kappa shape index (κ2) is 27.9. The molecule has 0 saturated carbocycles. The quantitative estimate of drug-likeness (QED) is 0.0473. The summed E-state index contributed by atoms with van der Waals surface area (Å²) in [6.45, 7) is 12.1. The van der Waals surface area contributed by atoms with E-state index in [1.807, 2.05) is 6.92 Å². The molecule has 0 unspecified atom stereocenters. The minimum absolute atomic E-state index is 0.0225. The average molecular weight is 1040 g/mol. The van der Waals surface area contributed by atoms with E-state index in [1.165, 1.54) is 50.6 Å². The number of carbonyl (C=O) groups excluding carboxylic acids is 4. The van der Waals surface area contributed by atoms with Crippen LogP contribution in [0.1, 0.15) is 65.2 Å². The molecule has 0 aliphatic carbocycles. The maximum Gasteiger partial charge on any atom is 0.416 e. The van der Waals surface area contributed by atoms with Gasteiger partial charge in [-0.25, -0.2) is 9.59 Å². The van der Waals surface area contributed by atoms with E-state index in [1.54, 1.807) is 41.0 Å². The van der Waals surface area contributed by atoms with Gasteiger partial charge in [-0.05, 0) is 84.6 Å². The molecule has 14 nitrogen and oxygen atoms in total. The summed E-state index contributed by atoms with van der Waals surface area (Å²) >= 11 is 5.53. The number of methoxy groups -OCH3 is 2. The molecule has 2 heterocycles. The van der Waals surface area contributed by atoms with Crippen molar-refractivity contribution in [3.63, 3.8) is 0 Å². The van der Waals surface area contributed by atoms with E-state index in [9.17, 15) is 45.5 Å². The third kappa shape index (κ3) is 17.7. The van der Waals surface area contributed by atoms with Crippen molar-refractivity contribution in [1.82, 2.24) is 24.9 Å². The first-order valence-electron chi connectivity index (χ1n) is 22.9. The van der Waals surface area contributed by atoms with Crippen LogP contribution in [0.4, 0.5) is 47.3 Å². The van der Waals surface area contributed by atoms with E-state index >= 15 is 0 Å². The number of aryl methyl sites for hydroxylation is 2. The molecule has 73 heavy (non-hydrogen) atoms. The van der Waals surface area contributed by atoms with Crippen LogP contribution < -0.4 is 21.7 Å². The molecule has 0 bridgehead atoms. The Morgan fingerprint density at radius 2 is 1.04 bits per heavy atom. The van der Waals surface area contributed by atoms with Crippen LogP contribution in [-0.2, 0) is 34.3 Å². The van der Waals surface area contributed by atoms with Gasteiger partial charge in [0.1, 0.15) is 0 Å². The summed E-state index contributed by atoms with van der Waals surface area (Å²) in [4.78, 5) is 55.1. The van der Waals surface area contributed by atoms with Gasteiger partial charge in [0.25, 0.3) is 11.8 Å². The van der Waals surface area contributed by atoms with Crippen LogP contribution in [-0.4, -0.2) is 136 Å². The molecule has 2 saturated heterocycles. The van der Waals surface area contributed by atoms with Crippen molar-refractivity contribution in [2.45, 2.75) is 38.6 Å². The number of terminal acetylenes is 2. The summed E-state index contributed by atoms with van der Waals surface area (Å²) in [5, 5.41) is 8.02. The lowest BCUT2D eigenvalue weighted by molar-refractivity contribution is -0.139. The van der Waals surface area contributed by atoms with E-state index in [0.29, 0.717) is 56.9 Å². The smallest absolute Gasteiger partial charge is 0.416 e. The lowest BCUT2D eigenvalue weighted by Gasteiger charge is -2.33. The zero-order valence-electron chi connectivity index (χ0n) is 40.9. The normalized spacial score (nSPS) is 14.0. The van der Waals surface area contributed by atoms with E-state index in [4.69, 9.17) is 34.9 Å². The first kappa shape index (κ1) is 58.8. The lowest BCUT2D eigenvalue weighted by atomic mass is 10.0. The van der Waals surface area contributed by atoms with Crippen molar-refractivity contribution in [1.29, 1.82) is 0 Å². The summed E-state index contributed by atoms with van der Waals surface area (Å²) in [7, 11) is 2.75. The van der Waals surface area contributed by atoms with Gasteiger partial charge in [0, 0.05) is 125 Å². The van der Waals surface area contributed by atoms with Gasteiger partial charge in [0.2, 0.25) is 0 Å². The summed E-state index contributed by atoms with van der Waals surface area (Å²) in [6.07, 6.45) is 1.07. The molecule has 2 aliphatic heterocycles. The summed E-state index contributed by atoms with van der Waals surface area (Å²) in [5.74, 6) is 3.58. The molecule has 6 rings (SSSR count). The highest BCUT2D eigenvalue weighted by molar-refractivity contribution is 6.17. The van der Waals surface area contributed by atoms with E-state index < -0.39 is 35.3 Å². The second-order valence-electron chi connectivity index (χ2n) is 16.7. The van der Waals surface area contributed by atoms with Crippen molar-refractivity contribution < 1.29 is 55.0 Å². The number of hydrogen-bond donors (Lipinski definition) is 4. The maximum absolute atomic E-state index is 13.7. The van der Waals surface area contributed by atoms with Gasteiger partial charge in [0.15, 0.2) is 0 Å². The number of hydrogen-bond acceptors (Lipinski definition) is 10. The number of nitrogens with zero attached hydrogens (tertiary/aromatic N) is 4. The highest BCUT2D eigenvalue weighted by atomic mass is 35.5. The minimum atomic E-state index is -4.58. The fourth-order valence-electron chi connectivity index (χ4n) is 7.56. The number of nitrogens with two attached hydrogens (primary N) is 1. The van der Waals surface area contributed by atoms with Gasteiger partial charge in [-0.2, -0.15) is 26.3 Å². The molecule has 0 atom stereocenters. The van der Waals surface area contributed by atoms with Gasteiger partial charge >= 0.3 is 24.5 Å². The van der Waals surface area contributed by atoms with Crippen molar-refractivity contribution >= 4 is 47.0 Å². The molecule has 2 aliphatic rings. The molecule has 0 radical (unpaired) electrons. The van der Waals surface area contributed by atoms with E-state index in [-0.39, 0.29) is 58.2 Å². The first-order valence-corrected chi connectivity index (χ1v) is 23.4. The highest BCUT2D eigenvalue weighted by Crippen LogP contribution is 2.36. The van der Waals surface area contributed by atoms with Crippen LogP contribution in [0.3, 0.4) is 0 Å². The third-order valence-corrected chi connectivity index (χ3v) is 12.1. The fraction of sp³-hybridized carbons (Fsp3) is 0.385. The Kier molecular flexibility index (Phi) is 22.4. The molecule has 0 spiro atoms. The maximum atomic E-state index is 13.7. The van der Waals surface area contributed by atoms with Crippen LogP contribution >= 0.6 is 11.6 Å². The standard InChI is InChI=1S/C26H29F3N4O3.C18H13ClF3NO.C8H17N3O2/c1-4-19-15-20(6-5-18(19)2)24(34)31-22-8-7-21(23(16-22)26(27,28)29)17-30-9-10-32-11-13-33(14-12-32)25(35)36-3;1-3-12-8-13(5-4-11(12)2)17(24)23-15-7-6-14(10-19)16(9-15)18(20,21)22;1-13-8(12)11-6-4-10(3-2-9)5-7-11/h1,5-8,15-16,30H,9-14,17H2,2-3H3,(H,31,34);1,4-9H,10H2,2H3,(H,23,24);2-7,9H2,1H3. The van der Waals surface area contributed by atoms with Crippen LogP contribution in [0.25, 0.3) is 0 Å². The summed E-state index contributed by atoms with van der Waals surface area (Å²) in [6, 6.07) is 16.8. The highest BCUT2D eigenvalue weighted by Gasteiger charge is 2.35. The molecule has 4 amide bonds. The third-order valence-electron chi connectivity index (χ3n) is 11.8. The number of rotatable bonds is 12. The molecule has 4 aromatic carbocycles. The zero-order valence-corrected chi connectivity index (χ0v) is 41.7. The molecule has 2 fully saturated rings. The Hall–Kier alpha value is -6.81. The lowest BCUT2D eigenvalue weighted by Crippen LogP contribution is -2.49. The number of carbonyl (C=O) groups is 4. The van der Waals surface area contributed by atoms with Crippen LogP contribution in [0.2, 0.25) is 0 Å². The van der Waals surface area contributed by atoms with Crippen molar-refractivity contribution in [3.05, 3.63) is 128 Å². The number of nitrogens with one attached hydrogen (secondary N) is 3. The van der Waals surface area contributed by atoms with Gasteiger partial charge in [-0.3, -0.25) is 19.4 Å². The predicted octanol–water partition coefficient (Wildman–Crippen LogP) is 8.04. The van der Waals surface area contributed by atoms with Crippen molar-refractivity contribution in [2.75, 3.05) is 103 Å². The van der Waals surface area contributed by atoms with Gasteiger partial charge < -0.3 is 41.0 Å². The Morgan fingerprint density at radius 1 is 0.630 bits per heavy atom. The number of amides is 4. The van der Waals surface area contributed by atoms with Crippen LogP contribution in [0.5, 0.6) is 0 Å². The summed E-state index contributed by atoms with van der Waals surface area (Å²) < 4.78 is 89.7. The minimum Gasteiger partial charge on any atom is -0.453 e. The first-order chi connectivity index (χ1) is 34.6. The molecular formula is C52H59ClF6N8O6. The van der Waals surface area contributed by atoms with E-state index in [0.717, 1.165) is 56.0 Å². The zero-order chi connectivity index (χ0) is 53.9. The van der Waals surface area contributed by atoms with Crippen molar-refractivity contribution in [2.24, 2.45) is 5.73 Å². The number of alkyl halides is 7. The molecule has 21 heteroatoms. The number of benzene rings is 4. The Bertz CT molecular complexity index is 2620. The largest absolute Gasteiger partial charge is 0.453 e. The van der Waals surface area contributed by atoms with Gasteiger partial charge in [-0.1, -0.05) is 36.1 Å². The topological polar surface area (TPSA) is 162 Å². The Morgan fingerprint density at radius 3 is 1.42 bits per heavy atom. The summed E-state index contributed by atoms with van der Waals surface area (Å²) in [5.41, 5.74) is 7.15. The monoisotopic (exact) mass is 1040 g/mol.